The first-order valence-corrected chi connectivity index (χ1v) is 6.22. The minimum Gasteiger partial charge on any atom is -0.469 e. The van der Waals surface area contributed by atoms with Crippen LogP contribution in [0.15, 0.2) is 11.8 Å². The smallest absolute Gasteiger partial charge is 0.305 e. The summed E-state index contributed by atoms with van der Waals surface area (Å²) in [7, 11) is 1.36. The van der Waals surface area contributed by atoms with E-state index in [2.05, 4.69) is 11.7 Å². The van der Waals surface area contributed by atoms with Crippen LogP contribution in [-0.4, -0.2) is 18.8 Å². The van der Waals surface area contributed by atoms with Gasteiger partial charge < -0.3 is 15.9 Å². The molecule has 0 aromatic carbocycles. The summed E-state index contributed by atoms with van der Waals surface area (Å²) in [6.45, 7) is 6.06. The number of ether oxygens (including phenoxy) is 1. The van der Waals surface area contributed by atoms with Gasteiger partial charge in [0.2, 0.25) is 0 Å². The Morgan fingerprint density at radius 3 is 2.41 bits per heavy atom. The molecule has 0 fully saturated rings. The number of esters is 1. The number of rotatable bonds is 7. The molecule has 0 atom stereocenters. The van der Waals surface area contributed by atoms with Gasteiger partial charge in [-0.2, -0.15) is 0 Å². The monoisotopic (exact) mass is 242 g/mol. The second-order valence-electron chi connectivity index (χ2n) is 3.36. The van der Waals surface area contributed by atoms with Gasteiger partial charge in [0, 0.05) is 12.1 Å². The van der Waals surface area contributed by atoms with Crippen molar-refractivity contribution in [3.8, 4) is 0 Å². The highest BCUT2D eigenvalue weighted by atomic mass is 16.5. The van der Waals surface area contributed by atoms with E-state index >= 15 is 0 Å². The molecule has 0 rings (SSSR count). The minimum absolute atomic E-state index is 0.237. The second-order valence-corrected chi connectivity index (χ2v) is 3.36. The predicted octanol–water partition coefficient (Wildman–Crippen LogP) is 3.02. The van der Waals surface area contributed by atoms with Crippen LogP contribution in [0.2, 0.25) is 0 Å². The van der Waals surface area contributed by atoms with E-state index in [-0.39, 0.29) is 5.97 Å². The third-order valence-corrected chi connectivity index (χ3v) is 2.04. The zero-order valence-electron chi connectivity index (χ0n) is 11.5. The number of allylic oxidation sites excluding steroid dienone is 2. The Bertz CT molecular complexity index is 248. The van der Waals surface area contributed by atoms with Crippen LogP contribution in [0.4, 0.5) is 0 Å². The summed E-state index contributed by atoms with van der Waals surface area (Å²) in [4.78, 5) is 10.8. The molecule has 0 aliphatic carbocycles. The van der Waals surface area contributed by atoms with E-state index < -0.39 is 0 Å². The molecule has 4 heteroatoms. The Balaban J connectivity index is 0. The van der Waals surface area contributed by atoms with Gasteiger partial charge in [0.1, 0.15) is 0 Å². The van der Waals surface area contributed by atoms with Crippen LogP contribution in [0.1, 0.15) is 52.9 Å². The summed E-state index contributed by atoms with van der Waals surface area (Å²) in [5.74, 6) is -0.237. The molecule has 0 radical (unpaired) electrons. The molecule has 0 heterocycles. The molecule has 0 aliphatic rings. The summed E-state index contributed by atoms with van der Waals surface area (Å²) in [6.07, 6.45) is 5.27. The van der Waals surface area contributed by atoms with Crippen LogP contribution >= 0.6 is 0 Å². The van der Waals surface area contributed by atoms with Crippen molar-refractivity contribution in [3.63, 3.8) is 0 Å². The van der Waals surface area contributed by atoms with Crippen molar-refractivity contribution in [3.05, 3.63) is 11.8 Å². The molecule has 0 saturated heterocycles. The van der Waals surface area contributed by atoms with Gasteiger partial charge in [0.05, 0.1) is 12.8 Å². The molecular weight excluding hydrogens is 216 g/mol. The molecule has 0 aromatic rings. The number of nitrogens with one attached hydrogen (secondary N) is 1. The van der Waals surface area contributed by atoms with Gasteiger partial charge in [-0.05, 0) is 19.3 Å². The van der Waals surface area contributed by atoms with Crippen molar-refractivity contribution in [2.45, 2.75) is 52.9 Å². The molecule has 0 aromatic heterocycles. The number of hydrogen-bond donors (Lipinski definition) is 2. The molecule has 0 saturated carbocycles. The quantitative estimate of drug-likeness (QED) is 0.532. The van der Waals surface area contributed by atoms with E-state index in [0.29, 0.717) is 30.7 Å². The summed E-state index contributed by atoms with van der Waals surface area (Å²) >= 11 is 0. The Morgan fingerprint density at radius 2 is 1.94 bits per heavy atom. The molecule has 4 nitrogen and oxygen atoms in total. The van der Waals surface area contributed by atoms with Crippen LogP contribution in [0.5, 0.6) is 0 Å². The maximum Gasteiger partial charge on any atom is 0.305 e. The molecule has 0 aliphatic heterocycles. The molecule has 100 valence electrons. The van der Waals surface area contributed by atoms with Crippen molar-refractivity contribution in [1.29, 1.82) is 5.41 Å². The minimum atomic E-state index is -0.237. The average Bonchev–Trinajstić information content (AvgIpc) is 2.37. The van der Waals surface area contributed by atoms with E-state index in [1.807, 2.05) is 19.9 Å². The second kappa shape index (κ2) is 12.7. The molecule has 17 heavy (non-hydrogen) atoms. The number of hydrogen-bond acceptors (Lipinski definition) is 4. The highest BCUT2D eigenvalue weighted by molar-refractivity contribution is 5.96. The van der Waals surface area contributed by atoms with Crippen molar-refractivity contribution in [1.82, 2.24) is 0 Å². The summed E-state index contributed by atoms with van der Waals surface area (Å²) in [5, 5.41) is 7.63. The fraction of sp³-hybridized carbons (Fsp3) is 0.692. The largest absolute Gasteiger partial charge is 0.469 e. The highest BCUT2D eigenvalue weighted by Gasteiger charge is 2.03. The first kappa shape index (κ1) is 18.1. The molecule has 3 N–H and O–H groups in total. The number of unbranched alkanes of at least 4 members (excludes halogenated alkanes) is 1. The van der Waals surface area contributed by atoms with Gasteiger partial charge in [-0.15, -0.1) is 0 Å². The van der Waals surface area contributed by atoms with Gasteiger partial charge in [-0.25, -0.2) is 0 Å². The fourth-order valence-electron chi connectivity index (χ4n) is 1.08. The van der Waals surface area contributed by atoms with E-state index in [1.165, 1.54) is 7.11 Å². The lowest BCUT2D eigenvalue weighted by molar-refractivity contribution is -0.140. The number of methoxy groups -OCH3 is 1. The zero-order chi connectivity index (χ0) is 13.7. The molecule has 0 amide bonds. The van der Waals surface area contributed by atoms with Gasteiger partial charge in [0.15, 0.2) is 0 Å². The Labute approximate surface area is 105 Å². The van der Waals surface area contributed by atoms with Crippen LogP contribution < -0.4 is 5.73 Å². The number of carbonyl (C=O) groups is 1. The van der Waals surface area contributed by atoms with Gasteiger partial charge in [-0.1, -0.05) is 33.3 Å². The molecular formula is C13H26N2O2. The SMILES string of the molecule is CC.CCC/C=C(/N)C(=N)CCCC(=O)OC. The zero-order valence-corrected chi connectivity index (χ0v) is 11.5. The van der Waals surface area contributed by atoms with Gasteiger partial charge in [0.25, 0.3) is 0 Å². The van der Waals surface area contributed by atoms with Crippen molar-refractivity contribution in [2.24, 2.45) is 5.73 Å². The van der Waals surface area contributed by atoms with Crippen LogP contribution in [-0.2, 0) is 9.53 Å². The lowest BCUT2D eigenvalue weighted by Gasteiger charge is -2.03. The van der Waals surface area contributed by atoms with E-state index in [1.54, 1.807) is 0 Å². The van der Waals surface area contributed by atoms with E-state index in [9.17, 15) is 4.79 Å². The van der Waals surface area contributed by atoms with Gasteiger partial charge >= 0.3 is 5.97 Å². The molecule has 0 unspecified atom stereocenters. The van der Waals surface area contributed by atoms with Gasteiger partial charge in [-0.3, -0.25) is 4.79 Å². The number of nitrogens with two attached hydrogens (primary N) is 1. The predicted molar refractivity (Wildman–Crippen MR) is 72.1 cm³/mol. The fourth-order valence-corrected chi connectivity index (χ4v) is 1.08. The standard InChI is InChI=1S/C11H20N2O2.C2H6/c1-3-4-6-9(12)10(13)7-5-8-11(14)15-2;1-2/h6,13H,3-5,7-8,12H2,1-2H3;1-2H3/b9-6+,13-10?;. The normalized spacial score (nSPS) is 10.2. The Kier molecular flexibility index (Phi) is 13.5. The van der Waals surface area contributed by atoms with E-state index in [4.69, 9.17) is 11.1 Å². The first-order chi connectivity index (χ1) is 8.11. The maximum atomic E-state index is 10.8. The van der Waals surface area contributed by atoms with Crippen LogP contribution in [0.25, 0.3) is 0 Å². The van der Waals surface area contributed by atoms with Crippen LogP contribution in [0.3, 0.4) is 0 Å². The Hall–Kier alpha value is -1.32. The molecule has 0 spiro atoms. The van der Waals surface area contributed by atoms with E-state index in [0.717, 1.165) is 12.8 Å². The maximum absolute atomic E-state index is 10.8. The lowest BCUT2D eigenvalue weighted by atomic mass is 10.1. The number of carbonyl (C=O) groups excluding carboxylic acids is 1. The highest BCUT2D eigenvalue weighted by Crippen LogP contribution is 2.03. The summed E-state index contributed by atoms with van der Waals surface area (Å²) in [5.41, 5.74) is 6.61. The third kappa shape index (κ3) is 11.0. The summed E-state index contributed by atoms with van der Waals surface area (Å²) in [6, 6.07) is 0. The molecule has 0 bridgehead atoms. The average molecular weight is 242 g/mol. The Morgan fingerprint density at radius 1 is 1.35 bits per heavy atom. The van der Waals surface area contributed by atoms with Crippen molar-refractivity contribution >= 4 is 11.7 Å². The lowest BCUT2D eigenvalue weighted by Crippen LogP contribution is -2.11. The topological polar surface area (TPSA) is 76.2 Å². The van der Waals surface area contributed by atoms with Crippen molar-refractivity contribution < 1.29 is 9.53 Å². The van der Waals surface area contributed by atoms with Crippen LogP contribution in [0, 0.1) is 5.41 Å². The summed E-state index contributed by atoms with van der Waals surface area (Å²) < 4.78 is 4.50. The third-order valence-electron chi connectivity index (χ3n) is 2.04. The first-order valence-electron chi connectivity index (χ1n) is 6.22. The van der Waals surface area contributed by atoms with Crippen molar-refractivity contribution in [2.75, 3.05) is 7.11 Å².